The van der Waals surface area contributed by atoms with Gasteiger partial charge in [-0.1, -0.05) is 35.9 Å². The number of benzene rings is 1. The molecule has 1 atom stereocenters. The Kier molecular flexibility index (Phi) is 5.07. The van der Waals surface area contributed by atoms with Crippen LogP contribution in [0.25, 0.3) is 16.2 Å². The van der Waals surface area contributed by atoms with Crippen molar-refractivity contribution < 1.29 is 14.3 Å². The third-order valence-electron chi connectivity index (χ3n) is 4.39. The van der Waals surface area contributed by atoms with Crippen LogP contribution < -0.4 is 4.74 Å². The standard InChI is InChI=1S/C21H17ClN2O3S/c1-13(14-7-3-4-8-15(14)22)27-17-11-18(28-20(17)21(25)26-2)16-12-23-19-9-5-6-10-24(16)19/h3-13H,1-2H3/t13-/m1/s1. The van der Waals surface area contributed by atoms with Gasteiger partial charge >= 0.3 is 5.97 Å². The SMILES string of the molecule is COC(=O)c1sc(-c2cnc3ccccn23)cc1O[C@H](C)c1ccccc1Cl. The molecule has 0 spiro atoms. The summed E-state index contributed by atoms with van der Waals surface area (Å²) >= 11 is 7.60. The number of methoxy groups -OCH3 is 1. The van der Waals surface area contributed by atoms with Gasteiger partial charge in [0.15, 0.2) is 4.88 Å². The fraction of sp³-hybridized carbons (Fsp3) is 0.143. The Morgan fingerprint density at radius 1 is 1.21 bits per heavy atom. The number of aromatic nitrogens is 2. The van der Waals surface area contributed by atoms with E-state index in [2.05, 4.69) is 4.98 Å². The normalized spacial score (nSPS) is 12.1. The summed E-state index contributed by atoms with van der Waals surface area (Å²) in [5, 5.41) is 0.617. The van der Waals surface area contributed by atoms with E-state index in [4.69, 9.17) is 21.1 Å². The van der Waals surface area contributed by atoms with E-state index in [1.54, 1.807) is 6.20 Å². The predicted octanol–water partition coefficient (Wildman–Crippen LogP) is 5.64. The number of thiophene rings is 1. The second-order valence-electron chi connectivity index (χ2n) is 6.15. The molecular formula is C21H17ClN2O3S. The Morgan fingerprint density at radius 2 is 2.00 bits per heavy atom. The Morgan fingerprint density at radius 3 is 2.79 bits per heavy atom. The number of pyridine rings is 1. The molecule has 1 aromatic carbocycles. The number of hydrogen-bond acceptors (Lipinski definition) is 5. The van der Waals surface area contributed by atoms with Crippen LogP contribution in [0.15, 0.2) is 60.9 Å². The van der Waals surface area contributed by atoms with Gasteiger partial charge in [-0.3, -0.25) is 4.40 Å². The lowest BCUT2D eigenvalue weighted by molar-refractivity contribution is 0.0600. The van der Waals surface area contributed by atoms with Gasteiger partial charge in [-0.05, 0) is 25.1 Å². The summed E-state index contributed by atoms with van der Waals surface area (Å²) in [5.41, 5.74) is 2.56. The van der Waals surface area contributed by atoms with Crippen LogP contribution in [0.1, 0.15) is 28.3 Å². The van der Waals surface area contributed by atoms with Gasteiger partial charge in [0.25, 0.3) is 0 Å². The second kappa shape index (κ2) is 7.66. The van der Waals surface area contributed by atoms with E-state index in [1.165, 1.54) is 18.4 Å². The largest absolute Gasteiger partial charge is 0.484 e. The maximum absolute atomic E-state index is 12.3. The predicted molar refractivity (Wildman–Crippen MR) is 110 cm³/mol. The molecule has 3 aromatic heterocycles. The summed E-state index contributed by atoms with van der Waals surface area (Å²) < 4.78 is 13.0. The Bertz CT molecular complexity index is 1150. The molecule has 7 heteroatoms. The number of halogens is 1. The molecule has 0 aliphatic carbocycles. The summed E-state index contributed by atoms with van der Waals surface area (Å²) in [6.07, 6.45) is 3.38. The van der Waals surface area contributed by atoms with Crippen molar-refractivity contribution in [3.63, 3.8) is 0 Å². The monoisotopic (exact) mass is 412 g/mol. The molecule has 4 rings (SSSR count). The van der Waals surface area contributed by atoms with Crippen LogP contribution in [0.4, 0.5) is 0 Å². The molecule has 4 aromatic rings. The van der Waals surface area contributed by atoms with Crippen LogP contribution in [0.2, 0.25) is 5.02 Å². The Labute approximate surface area is 171 Å². The van der Waals surface area contributed by atoms with E-state index >= 15 is 0 Å². The molecule has 142 valence electrons. The average Bonchev–Trinajstić information content (AvgIpc) is 3.31. The summed E-state index contributed by atoms with van der Waals surface area (Å²) in [6.45, 7) is 1.90. The van der Waals surface area contributed by atoms with E-state index in [1.807, 2.05) is 66.1 Å². The highest BCUT2D eigenvalue weighted by Gasteiger charge is 2.23. The maximum Gasteiger partial charge on any atom is 0.351 e. The summed E-state index contributed by atoms with van der Waals surface area (Å²) in [7, 11) is 1.36. The van der Waals surface area contributed by atoms with Crippen LogP contribution in [-0.2, 0) is 4.74 Å². The van der Waals surface area contributed by atoms with E-state index in [-0.39, 0.29) is 6.10 Å². The molecule has 0 radical (unpaired) electrons. The lowest BCUT2D eigenvalue weighted by Crippen LogP contribution is -2.07. The molecule has 0 aliphatic rings. The highest BCUT2D eigenvalue weighted by atomic mass is 35.5. The molecule has 5 nitrogen and oxygen atoms in total. The topological polar surface area (TPSA) is 52.8 Å². The lowest BCUT2D eigenvalue weighted by atomic mass is 10.1. The average molecular weight is 413 g/mol. The van der Waals surface area contributed by atoms with E-state index < -0.39 is 5.97 Å². The van der Waals surface area contributed by atoms with Crippen molar-refractivity contribution in [1.29, 1.82) is 0 Å². The van der Waals surface area contributed by atoms with Gasteiger partial charge in [-0.15, -0.1) is 11.3 Å². The van der Waals surface area contributed by atoms with Crippen molar-refractivity contribution >= 4 is 34.6 Å². The number of rotatable bonds is 5. The highest BCUT2D eigenvalue weighted by Crippen LogP contribution is 2.39. The number of carbonyl (C=O) groups is 1. The first-order chi connectivity index (χ1) is 13.6. The molecule has 0 unspecified atom stereocenters. The van der Waals surface area contributed by atoms with Gasteiger partial charge in [0.2, 0.25) is 0 Å². The van der Waals surface area contributed by atoms with Gasteiger partial charge in [0, 0.05) is 22.8 Å². The van der Waals surface area contributed by atoms with Crippen LogP contribution in [0.5, 0.6) is 5.75 Å². The third kappa shape index (κ3) is 3.37. The summed E-state index contributed by atoms with van der Waals surface area (Å²) in [6, 6.07) is 15.1. The molecule has 0 saturated heterocycles. The zero-order valence-electron chi connectivity index (χ0n) is 15.3. The Balaban J connectivity index is 1.74. The number of esters is 1. The van der Waals surface area contributed by atoms with Gasteiger partial charge in [0.1, 0.15) is 17.5 Å². The third-order valence-corrected chi connectivity index (χ3v) is 5.85. The fourth-order valence-electron chi connectivity index (χ4n) is 3.00. The fourth-order valence-corrected chi connectivity index (χ4v) is 4.30. The lowest BCUT2D eigenvalue weighted by Gasteiger charge is -2.16. The van der Waals surface area contributed by atoms with Crippen LogP contribution in [0, 0.1) is 0 Å². The zero-order chi connectivity index (χ0) is 19.7. The van der Waals surface area contributed by atoms with E-state index in [0.717, 1.165) is 21.8 Å². The van der Waals surface area contributed by atoms with E-state index in [9.17, 15) is 4.79 Å². The number of ether oxygens (including phenoxy) is 2. The van der Waals surface area contributed by atoms with Gasteiger partial charge in [0.05, 0.1) is 23.9 Å². The Hall–Kier alpha value is -2.83. The molecule has 0 amide bonds. The van der Waals surface area contributed by atoms with Crippen LogP contribution >= 0.6 is 22.9 Å². The summed E-state index contributed by atoms with van der Waals surface area (Å²) in [5.74, 6) is 0.0246. The van der Waals surface area contributed by atoms with E-state index in [0.29, 0.717) is 15.6 Å². The van der Waals surface area contributed by atoms with Crippen molar-refractivity contribution in [2.75, 3.05) is 7.11 Å². The van der Waals surface area contributed by atoms with Crippen molar-refractivity contribution in [2.24, 2.45) is 0 Å². The van der Waals surface area contributed by atoms with Gasteiger partial charge < -0.3 is 9.47 Å². The molecule has 0 saturated carbocycles. The highest BCUT2D eigenvalue weighted by molar-refractivity contribution is 7.17. The number of imidazole rings is 1. The quantitative estimate of drug-likeness (QED) is 0.398. The molecule has 3 heterocycles. The molecule has 0 N–H and O–H groups in total. The zero-order valence-corrected chi connectivity index (χ0v) is 16.8. The van der Waals surface area contributed by atoms with Crippen molar-refractivity contribution in [1.82, 2.24) is 9.38 Å². The van der Waals surface area contributed by atoms with Crippen molar-refractivity contribution in [3.05, 3.63) is 76.4 Å². The first kappa shape index (κ1) is 18.5. The number of carbonyl (C=O) groups excluding carboxylic acids is 1. The number of nitrogens with zero attached hydrogens (tertiary/aromatic N) is 2. The first-order valence-corrected chi connectivity index (χ1v) is 9.83. The van der Waals surface area contributed by atoms with Crippen LogP contribution in [0.3, 0.4) is 0 Å². The van der Waals surface area contributed by atoms with Gasteiger partial charge in [-0.2, -0.15) is 0 Å². The molecule has 0 aliphatic heterocycles. The first-order valence-electron chi connectivity index (χ1n) is 8.64. The van der Waals surface area contributed by atoms with Gasteiger partial charge in [-0.25, -0.2) is 9.78 Å². The molecule has 28 heavy (non-hydrogen) atoms. The minimum absolute atomic E-state index is 0.332. The smallest absolute Gasteiger partial charge is 0.351 e. The minimum atomic E-state index is -0.438. The summed E-state index contributed by atoms with van der Waals surface area (Å²) in [4.78, 5) is 18.0. The minimum Gasteiger partial charge on any atom is -0.484 e. The van der Waals surface area contributed by atoms with Crippen molar-refractivity contribution in [2.45, 2.75) is 13.0 Å². The molecule has 0 bridgehead atoms. The number of fused-ring (bicyclic) bond motifs is 1. The number of hydrogen-bond donors (Lipinski definition) is 0. The van der Waals surface area contributed by atoms with Crippen molar-refractivity contribution in [3.8, 4) is 16.3 Å². The van der Waals surface area contributed by atoms with Crippen LogP contribution in [-0.4, -0.2) is 22.5 Å². The second-order valence-corrected chi connectivity index (χ2v) is 7.61. The molecular weight excluding hydrogens is 396 g/mol. The maximum atomic E-state index is 12.3. The molecule has 0 fully saturated rings.